The van der Waals surface area contributed by atoms with Gasteiger partial charge in [-0.25, -0.2) is 0 Å². The Labute approximate surface area is 197 Å². The van der Waals surface area contributed by atoms with Crippen molar-refractivity contribution in [1.82, 2.24) is 4.90 Å². The Balaban J connectivity index is 1.84. The second kappa shape index (κ2) is 9.76. The molecule has 1 aliphatic heterocycles. The van der Waals surface area contributed by atoms with E-state index in [1.54, 1.807) is 48.5 Å². The third kappa shape index (κ3) is 4.69. The van der Waals surface area contributed by atoms with Crippen molar-refractivity contribution in [1.29, 1.82) is 0 Å². The lowest BCUT2D eigenvalue weighted by Crippen LogP contribution is -2.29. The zero-order valence-electron chi connectivity index (χ0n) is 17.8. The highest BCUT2D eigenvalue weighted by Gasteiger charge is 2.46. The van der Waals surface area contributed by atoms with Gasteiger partial charge in [0.05, 0.1) is 11.6 Å². The van der Waals surface area contributed by atoms with E-state index in [0.717, 1.165) is 5.56 Å². The minimum atomic E-state index is -0.784. The van der Waals surface area contributed by atoms with Crippen LogP contribution in [0.25, 0.3) is 5.76 Å². The third-order valence-electron chi connectivity index (χ3n) is 5.40. The Hall–Kier alpha value is -3.83. The van der Waals surface area contributed by atoms with E-state index < -0.39 is 17.7 Å². The van der Waals surface area contributed by atoms with E-state index >= 15 is 0 Å². The Morgan fingerprint density at radius 3 is 2.45 bits per heavy atom. The average Bonchev–Trinajstić information content (AvgIpc) is 3.08. The summed E-state index contributed by atoms with van der Waals surface area (Å²) in [5.41, 5.74) is 1.96. The van der Waals surface area contributed by atoms with Crippen LogP contribution in [0.15, 0.2) is 97.1 Å². The summed E-state index contributed by atoms with van der Waals surface area (Å²) >= 11 is 5.98. The maximum atomic E-state index is 13.1. The summed E-state index contributed by atoms with van der Waals surface area (Å²) in [5, 5.41) is 11.6. The molecule has 3 aromatic carbocycles. The van der Waals surface area contributed by atoms with Crippen LogP contribution in [0.2, 0.25) is 5.02 Å². The van der Waals surface area contributed by atoms with Crippen molar-refractivity contribution in [2.24, 2.45) is 0 Å². The lowest BCUT2D eigenvalue weighted by molar-refractivity contribution is -0.140. The minimum absolute atomic E-state index is 0.0270. The van der Waals surface area contributed by atoms with Crippen molar-refractivity contribution in [2.75, 3.05) is 6.61 Å². The molecule has 0 spiro atoms. The van der Waals surface area contributed by atoms with Gasteiger partial charge in [0.25, 0.3) is 11.7 Å². The minimum Gasteiger partial charge on any atom is -0.507 e. The lowest BCUT2D eigenvalue weighted by atomic mass is 9.95. The van der Waals surface area contributed by atoms with Gasteiger partial charge in [0.1, 0.15) is 18.1 Å². The number of likely N-dealkylation sites (tertiary alicyclic amines) is 1. The maximum Gasteiger partial charge on any atom is 0.295 e. The Morgan fingerprint density at radius 1 is 1.03 bits per heavy atom. The van der Waals surface area contributed by atoms with Crippen molar-refractivity contribution >= 4 is 29.1 Å². The number of carbonyl (C=O) groups is 2. The molecule has 4 rings (SSSR count). The number of ether oxygens (including phenoxy) is 1. The molecule has 0 bridgehead atoms. The fraction of sp³-hybridized carbons (Fsp3) is 0.111. The van der Waals surface area contributed by atoms with Crippen LogP contribution in [-0.4, -0.2) is 28.3 Å². The standard InChI is InChI=1S/C27H22ClNO4/c1-2-15-33-22-10-6-9-20(16-22)24-23(25(30)19-11-13-21(28)14-12-19)26(31)27(32)29(24)17-18-7-4-3-5-8-18/h2-14,16,24,30H,1,15,17H2/b25-23+. The Morgan fingerprint density at radius 2 is 1.76 bits per heavy atom. The molecule has 1 heterocycles. The number of aliphatic hydroxyl groups is 1. The highest BCUT2D eigenvalue weighted by Crippen LogP contribution is 2.41. The van der Waals surface area contributed by atoms with Gasteiger partial charge < -0.3 is 14.7 Å². The molecule has 6 heteroatoms. The molecule has 1 N–H and O–H groups in total. The molecule has 33 heavy (non-hydrogen) atoms. The van der Waals surface area contributed by atoms with Crippen molar-refractivity contribution < 1.29 is 19.4 Å². The first-order valence-electron chi connectivity index (χ1n) is 10.4. The van der Waals surface area contributed by atoms with E-state index in [2.05, 4.69) is 6.58 Å². The normalized spacial score (nSPS) is 17.2. The van der Waals surface area contributed by atoms with Crippen LogP contribution in [0.5, 0.6) is 5.75 Å². The number of halogens is 1. The molecule has 1 atom stereocenters. The maximum absolute atomic E-state index is 13.1. The van der Waals surface area contributed by atoms with Gasteiger partial charge in [0.2, 0.25) is 0 Å². The number of carbonyl (C=O) groups excluding carboxylic acids is 2. The van der Waals surface area contributed by atoms with E-state index in [9.17, 15) is 14.7 Å². The molecule has 166 valence electrons. The predicted octanol–water partition coefficient (Wildman–Crippen LogP) is 5.53. The molecular formula is C27H22ClNO4. The molecular weight excluding hydrogens is 438 g/mol. The number of rotatable bonds is 7. The Kier molecular flexibility index (Phi) is 6.61. The number of benzene rings is 3. The van der Waals surface area contributed by atoms with Crippen molar-refractivity contribution in [3.8, 4) is 5.75 Å². The zero-order valence-corrected chi connectivity index (χ0v) is 18.5. The number of ketones is 1. The number of hydrogen-bond acceptors (Lipinski definition) is 4. The first kappa shape index (κ1) is 22.4. The fourth-order valence-corrected chi connectivity index (χ4v) is 3.99. The molecule has 1 unspecified atom stereocenters. The summed E-state index contributed by atoms with van der Waals surface area (Å²) in [6, 6.07) is 22.3. The van der Waals surface area contributed by atoms with Crippen LogP contribution < -0.4 is 4.74 Å². The summed E-state index contributed by atoms with van der Waals surface area (Å²) in [5.74, 6) is -1.08. The first-order chi connectivity index (χ1) is 16.0. The summed E-state index contributed by atoms with van der Waals surface area (Å²) in [6.45, 7) is 4.19. The topological polar surface area (TPSA) is 66.8 Å². The highest BCUT2D eigenvalue weighted by molar-refractivity contribution is 6.46. The third-order valence-corrected chi connectivity index (χ3v) is 5.65. The monoisotopic (exact) mass is 459 g/mol. The SMILES string of the molecule is C=CCOc1cccc(C2/C(=C(\O)c3ccc(Cl)cc3)C(=O)C(=O)N2Cc2ccccc2)c1. The van der Waals surface area contributed by atoms with Crippen LogP contribution in [-0.2, 0) is 16.1 Å². The van der Waals surface area contributed by atoms with Gasteiger partial charge in [-0.2, -0.15) is 0 Å². The van der Waals surface area contributed by atoms with Gasteiger partial charge in [-0.3, -0.25) is 9.59 Å². The largest absolute Gasteiger partial charge is 0.507 e. The van der Waals surface area contributed by atoms with Gasteiger partial charge in [0.15, 0.2) is 0 Å². The summed E-state index contributed by atoms with van der Waals surface area (Å²) < 4.78 is 5.66. The Bertz CT molecular complexity index is 1220. The van der Waals surface area contributed by atoms with Gasteiger partial charge in [-0.15, -0.1) is 0 Å². The highest BCUT2D eigenvalue weighted by atomic mass is 35.5. The molecule has 1 aliphatic rings. The van der Waals surface area contributed by atoms with Gasteiger partial charge >= 0.3 is 0 Å². The van der Waals surface area contributed by atoms with Gasteiger partial charge in [-0.1, -0.05) is 66.7 Å². The second-order valence-electron chi connectivity index (χ2n) is 7.59. The first-order valence-corrected chi connectivity index (χ1v) is 10.8. The average molecular weight is 460 g/mol. The molecule has 0 radical (unpaired) electrons. The van der Waals surface area contributed by atoms with Crippen LogP contribution in [0.3, 0.4) is 0 Å². The number of aliphatic hydroxyl groups excluding tert-OH is 1. The van der Waals surface area contributed by atoms with Crippen LogP contribution in [0.4, 0.5) is 0 Å². The quantitative estimate of drug-likeness (QED) is 0.218. The van der Waals surface area contributed by atoms with E-state index in [4.69, 9.17) is 16.3 Å². The summed E-state index contributed by atoms with van der Waals surface area (Å²) in [6.07, 6.45) is 1.63. The smallest absolute Gasteiger partial charge is 0.295 e. The number of hydrogen-bond donors (Lipinski definition) is 1. The van der Waals surface area contributed by atoms with Crippen molar-refractivity contribution in [2.45, 2.75) is 12.6 Å². The molecule has 5 nitrogen and oxygen atoms in total. The predicted molar refractivity (Wildman–Crippen MR) is 128 cm³/mol. The molecule has 0 saturated carbocycles. The van der Waals surface area contributed by atoms with Crippen LogP contribution >= 0.6 is 11.6 Å². The lowest BCUT2D eigenvalue weighted by Gasteiger charge is -2.26. The number of Topliss-reactive ketones (excluding diaryl/α,β-unsaturated/α-hetero) is 1. The van der Waals surface area contributed by atoms with Crippen molar-refractivity contribution in [3.05, 3.63) is 119 Å². The van der Waals surface area contributed by atoms with E-state index in [-0.39, 0.29) is 17.9 Å². The van der Waals surface area contributed by atoms with E-state index in [1.165, 1.54) is 4.90 Å². The fourth-order valence-electron chi connectivity index (χ4n) is 3.86. The number of nitrogens with zero attached hydrogens (tertiary/aromatic N) is 1. The molecule has 0 aliphatic carbocycles. The summed E-state index contributed by atoms with van der Waals surface area (Å²) in [4.78, 5) is 27.7. The molecule has 3 aromatic rings. The summed E-state index contributed by atoms with van der Waals surface area (Å²) in [7, 11) is 0. The second-order valence-corrected chi connectivity index (χ2v) is 8.03. The molecule has 1 amide bonds. The van der Waals surface area contributed by atoms with Crippen LogP contribution in [0, 0.1) is 0 Å². The molecule has 0 aromatic heterocycles. The zero-order chi connectivity index (χ0) is 23.4. The van der Waals surface area contributed by atoms with Gasteiger partial charge in [-0.05, 0) is 47.5 Å². The van der Waals surface area contributed by atoms with Crippen molar-refractivity contribution in [3.63, 3.8) is 0 Å². The molecule has 1 saturated heterocycles. The number of amides is 1. The molecule has 1 fully saturated rings. The van der Waals surface area contributed by atoms with Gasteiger partial charge in [0, 0.05) is 17.1 Å². The van der Waals surface area contributed by atoms with E-state index in [1.807, 2.05) is 36.4 Å². The van der Waals surface area contributed by atoms with E-state index in [0.29, 0.717) is 28.5 Å². The van der Waals surface area contributed by atoms with Crippen LogP contribution in [0.1, 0.15) is 22.7 Å².